The van der Waals surface area contributed by atoms with E-state index in [9.17, 15) is 26.4 Å². The van der Waals surface area contributed by atoms with E-state index >= 15 is 0 Å². The van der Waals surface area contributed by atoms with Gasteiger partial charge in [0, 0.05) is 30.9 Å². The fraction of sp³-hybridized carbons (Fsp3) is 0.368. The van der Waals surface area contributed by atoms with Crippen molar-refractivity contribution in [3.05, 3.63) is 52.9 Å². The molecule has 1 aromatic carbocycles. The van der Waals surface area contributed by atoms with Crippen molar-refractivity contribution in [2.24, 2.45) is 7.05 Å². The summed E-state index contributed by atoms with van der Waals surface area (Å²) in [5, 5.41) is 5.96. The van der Waals surface area contributed by atoms with Crippen molar-refractivity contribution in [2.75, 3.05) is 6.54 Å². The van der Waals surface area contributed by atoms with Crippen LogP contribution >= 0.6 is 0 Å². The van der Waals surface area contributed by atoms with E-state index in [0.717, 1.165) is 6.08 Å². The monoisotopic (exact) mass is 444 g/mol. The zero-order valence-electron chi connectivity index (χ0n) is 16.9. The third kappa shape index (κ3) is 5.48. The van der Waals surface area contributed by atoms with Crippen LogP contribution < -0.4 is 10.0 Å². The fourth-order valence-corrected chi connectivity index (χ4v) is 3.96. The molecule has 1 heterocycles. The van der Waals surface area contributed by atoms with E-state index in [1.807, 2.05) is 5.32 Å². The molecule has 1 unspecified atom stereocenters. The van der Waals surface area contributed by atoms with Crippen molar-refractivity contribution in [3.8, 4) is 0 Å². The molecule has 2 aromatic rings. The van der Waals surface area contributed by atoms with Gasteiger partial charge in [-0.3, -0.25) is 9.48 Å². The number of carbonyl (C=O) groups excluding carboxylic acids is 1. The molecule has 164 valence electrons. The van der Waals surface area contributed by atoms with Crippen LogP contribution in [0.5, 0.6) is 0 Å². The number of rotatable bonds is 7. The maximum absolute atomic E-state index is 13.6. The number of alkyl halides is 3. The summed E-state index contributed by atoms with van der Waals surface area (Å²) in [4.78, 5) is 12.2. The summed E-state index contributed by atoms with van der Waals surface area (Å²) in [6.07, 6.45) is -2.44. The maximum Gasteiger partial charge on any atom is 0.413 e. The lowest BCUT2D eigenvalue weighted by Gasteiger charge is -2.21. The van der Waals surface area contributed by atoms with E-state index in [-0.39, 0.29) is 22.7 Å². The molecule has 0 aliphatic rings. The van der Waals surface area contributed by atoms with E-state index in [4.69, 9.17) is 0 Å². The highest BCUT2D eigenvalue weighted by Crippen LogP contribution is 2.35. The third-order valence-electron chi connectivity index (χ3n) is 4.42. The number of hydrogen-bond acceptors (Lipinski definition) is 4. The molecule has 0 fully saturated rings. The van der Waals surface area contributed by atoms with Crippen molar-refractivity contribution >= 4 is 22.0 Å². The predicted molar refractivity (Wildman–Crippen MR) is 106 cm³/mol. The molecule has 0 radical (unpaired) electrons. The van der Waals surface area contributed by atoms with Crippen LogP contribution in [0.1, 0.15) is 35.5 Å². The van der Waals surface area contributed by atoms with Crippen molar-refractivity contribution in [3.63, 3.8) is 0 Å². The summed E-state index contributed by atoms with van der Waals surface area (Å²) in [6, 6.07) is 3.39. The van der Waals surface area contributed by atoms with Crippen LogP contribution in [0, 0.1) is 13.8 Å². The van der Waals surface area contributed by atoms with E-state index < -0.39 is 28.1 Å². The van der Waals surface area contributed by atoms with E-state index in [2.05, 4.69) is 9.82 Å². The number of hydrogen-bond donors (Lipinski definition) is 2. The standard InChI is InChI=1S/C19H23F3N4O3S/c1-5-23-30(28,29)15-9-6-14(7-10-15)8-11-16(27)24-18(19(20,21)22)17-12(2)25-26(4)13(17)3/h6-11,18,23H,5H2,1-4H3,(H,24,27)/b11-8+. The summed E-state index contributed by atoms with van der Waals surface area (Å²) in [6.45, 7) is 4.83. The van der Waals surface area contributed by atoms with E-state index in [1.165, 1.54) is 55.9 Å². The summed E-state index contributed by atoms with van der Waals surface area (Å²) in [7, 11) is -2.09. The van der Waals surface area contributed by atoms with Crippen LogP contribution in [-0.2, 0) is 21.9 Å². The zero-order valence-corrected chi connectivity index (χ0v) is 17.7. The van der Waals surface area contributed by atoms with Crippen LogP contribution in [0.2, 0.25) is 0 Å². The first kappa shape index (κ1) is 23.6. The number of carbonyl (C=O) groups is 1. The first-order valence-electron chi connectivity index (χ1n) is 9.02. The van der Waals surface area contributed by atoms with Crippen molar-refractivity contribution in [2.45, 2.75) is 37.9 Å². The summed E-state index contributed by atoms with van der Waals surface area (Å²) < 4.78 is 68.2. The lowest BCUT2D eigenvalue weighted by molar-refractivity contribution is -0.162. The molecular formula is C19H23F3N4O3S. The zero-order chi connectivity index (χ0) is 22.7. The van der Waals surface area contributed by atoms with Gasteiger partial charge < -0.3 is 5.32 Å². The Morgan fingerprint density at radius 3 is 2.30 bits per heavy atom. The number of aromatic nitrogens is 2. The smallest absolute Gasteiger partial charge is 0.337 e. The average Bonchev–Trinajstić information content (AvgIpc) is 2.89. The quantitative estimate of drug-likeness (QED) is 0.643. The first-order valence-corrected chi connectivity index (χ1v) is 10.5. The van der Waals surface area contributed by atoms with Gasteiger partial charge in [0.05, 0.1) is 10.6 Å². The molecule has 7 nitrogen and oxygen atoms in total. The number of nitrogens with one attached hydrogen (secondary N) is 2. The second-order valence-corrected chi connectivity index (χ2v) is 8.36. The Morgan fingerprint density at radius 1 is 1.23 bits per heavy atom. The molecule has 11 heteroatoms. The van der Waals surface area contributed by atoms with Crippen LogP contribution in [0.4, 0.5) is 13.2 Å². The van der Waals surface area contributed by atoms with Gasteiger partial charge in [-0.2, -0.15) is 18.3 Å². The molecular weight excluding hydrogens is 421 g/mol. The lowest BCUT2D eigenvalue weighted by atomic mass is 10.0. The van der Waals surface area contributed by atoms with Gasteiger partial charge in [-0.1, -0.05) is 19.1 Å². The maximum atomic E-state index is 13.6. The normalized spacial score (nSPS) is 13.6. The average molecular weight is 444 g/mol. The minimum absolute atomic E-state index is 0.0469. The lowest BCUT2D eigenvalue weighted by Crippen LogP contribution is -2.38. The highest BCUT2D eigenvalue weighted by atomic mass is 32.2. The Kier molecular flexibility index (Phi) is 7.09. The fourth-order valence-electron chi connectivity index (χ4n) is 2.92. The molecule has 0 spiro atoms. The number of amides is 1. The molecule has 0 saturated carbocycles. The molecule has 1 aromatic heterocycles. The molecule has 1 amide bonds. The minimum Gasteiger partial charge on any atom is -0.337 e. The van der Waals surface area contributed by atoms with Gasteiger partial charge in [0.2, 0.25) is 15.9 Å². The van der Waals surface area contributed by atoms with E-state index in [1.54, 1.807) is 6.92 Å². The molecule has 30 heavy (non-hydrogen) atoms. The van der Waals surface area contributed by atoms with Gasteiger partial charge in [-0.15, -0.1) is 0 Å². The number of sulfonamides is 1. The topological polar surface area (TPSA) is 93.1 Å². The predicted octanol–water partition coefficient (Wildman–Crippen LogP) is 2.77. The van der Waals surface area contributed by atoms with Crippen molar-refractivity contribution in [1.82, 2.24) is 19.8 Å². The Labute approximate surface area is 173 Å². The highest BCUT2D eigenvalue weighted by Gasteiger charge is 2.44. The van der Waals surface area contributed by atoms with Gasteiger partial charge in [0.15, 0.2) is 6.04 Å². The van der Waals surface area contributed by atoms with Gasteiger partial charge in [0.1, 0.15) is 0 Å². The van der Waals surface area contributed by atoms with Crippen LogP contribution in [0.25, 0.3) is 6.08 Å². The minimum atomic E-state index is -4.70. The Bertz CT molecular complexity index is 1040. The van der Waals surface area contributed by atoms with E-state index in [0.29, 0.717) is 11.3 Å². The number of halogens is 3. The second kappa shape index (κ2) is 9.00. The van der Waals surface area contributed by atoms with Gasteiger partial charge in [0.25, 0.3) is 0 Å². The molecule has 2 N–H and O–H groups in total. The van der Waals surface area contributed by atoms with Crippen LogP contribution in [0.15, 0.2) is 35.2 Å². The second-order valence-electron chi connectivity index (χ2n) is 6.60. The molecule has 0 bridgehead atoms. The van der Waals surface area contributed by atoms with Crippen LogP contribution in [0.3, 0.4) is 0 Å². The largest absolute Gasteiger partial charge is 0.413 e. The molecule has 0 aliphatic heterocycles. The van der Waals surface area contributed by atoms with Gasteiger partial charge in [-0.25, -0.2) is 13.1 Å². The number of aryl methyl sites for hydroxylation is 2. The molecule has 0 aliphatic carbocycles. The number of benzene rings is 1. The Hall–Kier alpha value is -2.66. The SMILES string of the molecule is CCNS(=O)(=O)c1ccc(/C=C/C(=O)NC(c2c(C)nn(C)c2C)C(F)(F)F)cc1. The highest BCUT2D eigenvalue weighted by molar-refractivity contribution is 7.89. The van der Waals surface area contributed by atoms with Crippen molar-refractivity contribution in [1.29, 1.82) is 0 Å². The Balaban J connectivity index is 2.19. The summed E-state index contributed by atoms with van der Waals surface area (Å²) in [5.41, 5.74) is 0.846. The van der Waals surface area contributed by atoms with Gasteiger partial charge in [-0.05, 0) is 37.6 Å². The van der Waals surface area contributed by atoms with Gasteiger partial charge >= 0.3 is 6.18 Å². The molecule has 1 atom stereocenters. The Morgan fingerprint density at radius 2 is 1.83 bits per heavy atom. The number of nitrogens with zero attached hydrogens (tertiary/aromatic N) is 2. The first-order chi connectivity index (χ1) is 13.9. The molecule has 2 rings (SSSR count). The van der Waals surface area contributed by atoms with Crippen LogP contribution in [-0.4, -0.2) is 36.8 Å². The summed E-state index contributed by atoms with van der Waals surface area (Å²) in [5.74, 6) is -0.940. The summed E-state index contributed by atoms with van der Waals surface area (Å²) >= 11 is 0. The van der Waals surface area contributed by atoms with Crippen molar-refractivity contribution < 1.29 is 26.4 Å². The molecule has 0 saturated heterocycles. The third-order valence-corrected chi connectivity index (χ3v) is 5.98.